The molecule has 1 aliphatic rings. The first-order valence-electron chi connectivity index (χ1n) is 5.14. The van der Waals surface area contributed by atoms with Crippen molar-refractivity contribution in [3.8, 4) is 0 Å². The fourth-order valence-electron chi connectivity index (χ4n) is 1.70. The molecule has 1 aromatic carbocycles. The van der Waals surface area contributed by atoms with Crippen LogP contribution in [0.2, 0.25) is 0 Å². The molecule has 0 spiro atoms. The lowest BCUT2D eigenvalue weighted by Crippen LogP contribution is -2.20. The molecule has 6 heteroatoms. The van der Waals surface area contributed by atoms with E-state index in [-0.39, 0.29) is 23.5 Å². The second-order valence-corrected chi connectivity index (χ2v) is 6.14. The molecule has 0 aromatic heterocycles. The Morgan fingerprint density at radius 2 is 2.06 bits per heavy atom. The van der Waals surface area contributed by atoms with Crippen molar-refractivity contribution in [3.05, 3.63) is 35.6 Å². The van der Waals surface area contributed by atoms with Crippen molar-refractivity contribution in [2.75, 3.05) is 11.5 Å². The van der Waals surface area contributed by atoms with E-state index in [9.17, 15) is 17.6 Å². The van der Waals surface area contributed by atoms with Crippen LogP contribution in [0.25, 0.3) is 0 Å². The van der Waals surface area contributed by atoms with Gasteiger partial charge in [0.2, 0.25) is 0 Å². The smallest absolute Gasteiger partial charge is 0.341 e. The Hall–Kier alpha value is -1.43. The summed E-state index contributed by atoms with van der Waals surface area (Å²) in [6.45, 7) is 0. The topological polar surface area (TPSA) is 60.4 Å². The van der Waals surface area contributed by atoms with E-state index in [1.165, 1.54) is 18.2 Å². The highest BCUT2D eigenvalue weighted by molar-refractivity contribution is 7.91. The van der Waals surface area contributed by atoms with Gasteiger partial charge in [0.15, 0.2) is 9.84 Å². The molecule has 1 saturated heterocycles. The van der Waals surface area contributed by atoms with E-state index in [0.29, 0.717) is 0 Å². The van der Waals surface area contributed by atoms with Gasteiger partial charge < -0.3 is 4.74 Å². The first-order valence-corrected chi connectivity index (χ1v) is 6.96. The molecular formula is C11H11FO4S. The summed E-state index contributed by atoms with van der Waals surface area (Å²) in [5.74, 6) is -1.64. The number of carbonyl (C=O) groups is 1. The van der Waals surface area contributed by atoms with Gasteiger partial charge in [-0.3, -0.25) is 0 Å². The van der Waals surface area contributed by atoms with Gasteiger partial charge in [-0.05, 0) is 18.6 Å². The zero-order valence-corrected chi connectivity index (χ0v) is 9.74. The number of ether oxygens (including phenoxy) is 1. The van der Waals surface area contributed by atoms with Crippen LogP contribution in [0.4, 0.5) is 4.39 Å². The van der Waals surface area contributed by atoms with Crippen LogP contribution in [0.1, 0.15) is 16.8 Å². The highest BCUT2D eigenvalue weighted by atomic mass is 32.2. The minimum atomic E-state index is -3.10. The summed E-state index contributed by atoms with van der Waals surface area (Å²) in [4.78, 5) is 11.6. The molecule has 0 unspecified atom stereocenters. The van der Waals surface area contributed by atoms with E-state index in [4.69, 9.17) is 4.74 Å². The number of halogens is 1. The third-order valence-corrected chi connectivity index (χ3v) is 4.30. The van der Waals surface area contributed by atoms with Crippen LogP contribution in [0.5, 0.6) is 0 Å². The molecule has 1 aliphatic heterocycles. The Morgan fingerprint density at radius 1 is 1.35 bits per heavy atom. The van der Waals surface area contributed by atoms with Crippen LogP contribution >= 0.6 is 0 Å². The summed E-state index contributed by atoms with van der Waals surface area (Å²) >= 11 is 0. The van der Waals surface area contributed by atoms with Gasteiger partial charge in [-0.15, -0.1) is 0 Å². The zero-order valence-electron chi connectivity index (χ0n) is 8.93. The van der Waals surface area contributed by atoms with Crippen molar-refractivity contribution in [1.82, 2.24) is 0 Å². The van der Waals surface area contributed by atoms with E-state index < -0.39 is 27.7 Å². The van der Waals surface area contributed by atoms with Crippen LogP contribution in [0.3, 0.4) is 0 Å². The lowest BCUT2D eigenvalue weighted by Gasteiger charge is -2.10. The average Bonchev–Trinajstić information content (AvgIpc) is 2.58. The van der Waals surface area contributed by atoms with Crippen LogP contribution < -0.4 is 0 Å². The zero-order chi connectivity index (χ0) is 12.5. The lowest BCUT2D eigenvalue weighted by atomic mass is 10.2. The van der Waals surface area contributed by atoms with E-state index in [0.717, 1.165) is 6.07 Å². The second-order valence-electron chi connectivity index (χ2n) is 3.91. The lowest BCUT2D eigenvalue weighted by molar-refractivity contribution is 0.0351. The van der Waals surface area contributed by atoms with Gasteiger partial charge in [0, 0.05) is 0 Å². The molecule has 1 heterocycles. The Morgan fingerprint density at radius 3 is 2.65 bits per heavy atom. The van der Waals surface area contributed by atoms with Crippen LogP contribution in [0, 0.1) is 5.82 Å². The number of hydrogen-bond donors (Lipinski definition) is 0. The third kappa shape index (κ3) is 2.82. The van der Waals surface area contributed by atoms with Crippen molar-refractivity contribution in [1.29, 1.82) is 0 Å². The molecule has 0 aliphatic carbocycles. The summed E-state index contributed by atoms with van der Waals surface area (Å²) in [6.07, 6.45) is -0.380. The van der Waals surface area contributed by atoms with Gasteiger partial charge in [0.1, 0.15) is 11.9 Å². The number of esters is 1. The van der Waals surface area contributed by atoms with Crippen molar-refractivity contribution in [2.24, 2.45) is 0 Å². The van der Waals surface area contributed by atoms with Gasteiger partial charge in [-0.1, -0.05) is 12.1 Å². The molecule has 1 aromatic rings. The molecular weight excluding hydrogens is 247 g/mol. The van der Waals surface area contributed by atoms with Gasteiger partial charge in [0.05, 0.1) is 17.1 Å². The molecule has 0 saturated carbocycles. The molecule has 92 valence electrons. The van der Waals surface area contributed by atoms with E-state index in [1.54, 1.807) is 0 Å². The average molecular weight is 258 g/mol. The van der Waals surface area contributed by atoms with Crippen molar-refractivity contribution in [3.63, 3.8) is 0 Å². The highest BCUT2D eigenvalue weighted by Crippen LogP contribution is 2.17. The van der Waals surface area contributed by atoms with Crippen LogP contribution in [-0.4, -0.2) is 32.0 Å². The first-order chi connectivity index (χ1) is 7.98. The summed E-state index contributed by atoms with van der Waals surface area (Å²) in [7, 11) is -3.10. The van der Waals surface area contributed by atoms with E-state index >= 15 is 0 Å². The fourth-order valence-corrected chi connectivity index (χ4v) is 3.29. The Bertz CT molecular complexity index is 538. The molecule has 2 rings (SSSR count). The van der Waals surface area contributed by atoms with Gasteiger partial charge in [0.25, 0.3) is 0 Å². The van der Waals surface area contributed by atoms with E-state index in [2.05, 4.69) is 0 Å². The summed E-state index contributed by atoms with van der Waals surface area (Å²) in [5, 5.41) is 0. The Balaban J connectivity index is 2.06. The number of carbonyl (C=O) groups excluding carboxylic acids is 1. The predicted octanol–water partition coefficient (Wildman–Crippen LogP) is 1.17. The van der Waals surface area contributed by atoms with Crippen LogP contribution in [-0.2, 0) is 14.6 Å². The van der Waals surface area contributed by atoms with Gasteiger partial charge >= 0.3 is 5.97 Å². The Labute approximate surface area is 98.3 Å². The van der Waals surface area contributed by atoms with Gasteiger partial charge in [-0.2, -0.15) is 0 Å². The molecule has 0 bridgehead atoms. The number of sulfone groups is 1. The Kier molecular flexibility index (Phi) is 3.15. The third-order valence-electron chi connectivity index (χ3n) is 2.56. The van der Waals surface area contributed by atoms with Gasteiger partial charge in [-0.25, -0.2) is 17.6 Å². The maximum Gasteiger partial charge on any atom is 0.341 e. The highest BCUT2D eigenvalue weighted by Gasteiger charge is 2.31. The largest absolute Gasteiger partial charge is 0.458 e. The number of rotatable bonds is 2. The standard InChI is InChI=1S/C11H11FO4S/c12-10-4-2-1-3-9(10)11(13)16-8-5-6-17(14,15)7-8/h1-4,8H,5-7H2/t8-/m1/s1. The molecule has 1 fully saturated rings. The molecule has 1 atom stereocenters. The van der Waals surface area contributed by atoms with Crippen LogP contribution in [0.15, 0.2) is 24.3 Å². The SMILES string of the molecule is O=C(O[C@@H]1CCS(=O)(=O)C1)c1ccccc1F. The predicted molar refractivity (Wildman–Crippen MR) is 58.9 cm³/mol. The van der Waals surface area contributed by atoms with Crippen molar-refractivity contribution >= 4 is 15.8 Å². The normalized spacial score (nSPS) is 22.3. The summed E-state index contributed by atoms with van der Waals surface area (Å²) in [5.41, 5.74) is -0.170. The van der Waals surface area contributed by atoms with Crippen molar-refractivity contribution in [2.45, 2.75) is 12.5 Å². The maximum atomic E-state index is 13.2. The number of hydrogen-bond acceptors (Lipinski definition) is 4. The quantitative estimate of drug-likeness (QED) is 0.747. The monoisotopic (exact) mass is 258 g/mol. The fraction of sp³-hybridized carbons (Fsp3) is 0.364. The molecule has 4 nitrogen and oxygen atoms in total. The first kappa shape index (κ1) is 12.0. The number of benzene rings is 1. The molecule has 0 radical (unpaired) electrons. The molecule has 0 N–H and O–H groups in total. The molecule has 17 heavy (non-hydrogen) atoms. The second kappa shape index (κ2) is 4.44. The van der Waals surface area contributed by atoms with Crippen molar-refractivity contribution < 1.29 is 22.3 Å². The summed E-state index contributed by atoms with van der Waals surface area (Å²) in [6, 6.07) is 5.44. The minimum absolute atomic E-state index is 0.0161. The summed E-state index contributed by atoms with van der Waals surface area (Å²) < 4.78 is 40.5. The molecule has 0 amide bonds. The van der Waals surface area contributed by atoms with E-state index in [1.807, 2.05) is 0 Å². The maximum absolute atomic E-state index is 13.2. The minimum Gasteiger partial charge on any atom is -0.458 e.